The third kappa shape index (κ3) is 5.43. The van der Waals surface area contributed by atoms with E-state index in [-0.39, 0.29) is 17.7 Å². The van der Waals surface area contributed by atoms with Gasteiger partial charge in [0.2, 0.25) is 0 Å². The first-order chi connectivity index (χ1) is 16.1. The van der Waals surface area contributed by atoms with Gasteiger partial charge in [-0.25, -0.2) is 9.37 Å². The molecule has 6 nitrogen and oxygen atoms in total. The lowest BCUT2D eigenvalue weighted by Crippen LogP contribution is -2.33. The van der Waals surface area contributed by atoms with Crippen LogP contribution in [-0.2, 0) is 15.9 Å². The molecule has 1 saturated heterocycles. The number of hydrogen-bond donors (Lipinski definition) is 1. The van der Waals surface area contributed by atoms with E-state index in [1.165, 1.54) is 0 Å². The number of anilines is 1. The minimum atomic E-state index is -0.304. The number of hydrogen-bond acceptors (Lipinski definition) is 6. The zero-order chi connectivity index (χ0) is 23.2. The van der Waals surface area contributed by atoms with Gasteiger partial charge >= 0.3 is 0 Å². The molecule has 0 bridgehead atoms. The first kappa shape index (κ1) is 23.0. The zero-order valence-corrected chi connectivity index (χ0v) is 19.0. The van der Waals surface area contributed by atoms with E-state index >= 15 is 0 Å². The molecule has 1 fully saturated rings. The van der Waals surface area contributed by atoms with E-state index in [0.29, 0.717) is 49.1 Å². The summed E-state index contributed by atoms with van der Waals surface area (Å²) in [5.74, 6) is 1.17. The van der Waals surface area contributed by atoms with Crippen LogP contribution < -0.4 is 15.2 Å². The van der Waals surface area contributed by atoms with Crippen molar-refractivity contribution in [2.24, 2.45) is 0 Å². The van der Waals surface area contributed by atoms with Gasteiger partial charge in [-0.3, -0.25) is 0 Å². The number of rotatable bonds is 8. The Morgan fingerprint density at radius 2 is 1.94 bits per heavy atom. The molecule has 7 heteroatoms. The Kier molecular flexibility index (Phi) is 7.42. The van der Waals surface area contributed by atoms with Crippen molar-refractivity contribution in [1.82, 2.24) is 4.98 Å². The maximum absolute atomic E-state index is 14.8. The van der Waals surface area contributed by atoms with Gasteiger partial charge in [0.05, 0.1) is 26.9 Å². The van der Waals surface area contributed by atoms with E-state index in [4.69, 9.17) is 24.7 Å². The van der Waals surface area contributed by atoms with Crippen LogP contribution in [-0.4, -0.2) is 44.6 Å². The molecular formula is C26H29FN2O4. The number of pyridine rings is 1. The molecule has 174 valence electrons. The highest BCUT2D eigenvalue weighted by Crippen LogP contribution is 2.36. The van der Waals surface area contributed by atoms with Gasteiger partial charge in [0.1, 0.15) is 24.3 Å². The number of nitrogens with two attached hydrogens (primary N) is 1. The van der Waals surface area contributed by atoms with Gasteiger partial charge in [-0.2, -0.15) is 0 Å². The van der Waals surface area contributed by atoms with Gasteiger partial charge < -0.3 is 24.7 Å². The van der Waals surface area contributed by atoms with Crippen LogP contribution in [0.5, 0.6) is 11.5 Å². The van der Waals surface area contributed by atoms with Crippen LogP contribution in [0.15, 0.2) is 48.7 Å². The maximum Gasteiger partial charge on any atom is 0.161 e. The number of ether oxygens (including phenoxy) is 4. The Balaban J connectivity index is 1.59. The summed E-state index contributed by atoms with van der Waals surface area (Å²) in [5.41, 5.74) is 9.72. The summed E-state index contributed by atoms with van der Waals surface area (Å²) < 4.78 is 37.3. The highest BCUT2D eigenvalue weighted by atomic mass is 19.1. The quantitative estimate of drug-likeness (QED) is 0.524. The van der Waals surface area contributed by atoms with Crippen molar-refractivity contribution in [1.29, 1.82) is 0 Å². The lowest BCUT2D eigenvalue weighted by molar-refractivity contribution is -0.101. The fraction of sp³-hybridized carbons (Fsp3) is 0.346. The fourth-order valence-electron chi connectivity index (χ4n) is 3.85. The minimum Gasteiger partial charge on any atom is -0.493 e. The van der Waals surface area contributed by atoms with Crippen molar-refractivity contribution < 1.29 is 23.3 Å². The zero-order valence-electron chi connectivity index (χ0n) is 19.0. The first-order valence-corrected chi connectivity index (χ1v) is 11.1. The van der Waals surface area contributed by atoms with Crippen LogP contribution >= 0.6 is 0 Å². The average molecular weight is 453 g/mol. The van der Waals surface area contributed by atoms with Gasteiger partial charge in [0.25, 0.3) is 0 Å². The highest BCUT2D eigenvalue weighted by molar-refractivity contribution is 5.80. The van der Waals surface area contributed by atoms with E-state index < -0.39 is 0 Å². The molecule has 1 aliphatic rings. The first-order valence-electron chi connectivity index (χ1n) is 11.1. The van der Waals surface area contributed by atoms with Crippen molar-refractivity contribution in [3.05, 3.63) is 60.0 Å². The van der Waals surface area contributed by atoms with Gasteiger partial charge in [-0.05, 0) is 41.8 Å². The molecule has 33 heavy (non-hydrogen) atoms. The topological polar surface area (TPSA) is 75.8 Å². The summed E-state index contributed by atoms with van der Waals surface area (Å²) in [6, 6.07) is 12.7. The van der Waals surface area contributed by atoms with Gasteiger partial charge in [-0.15, -0.1) is 0 Å². The largest absolute Gasteiger partial charge is 0.493 e. The summed E-state index contributed by atoms with van der Waals surface area (Å²) in [6.07, 6.45) is 3.36. The minimum absolute atomic E-state index is 0.106. The van der Waals surface area contributed by atoms with Crippen molar-refractivity contribution >= 4 is 5.82 Å². The third-order valence-corrected chi connectivity index (χ3v) is 5.59. The molecule has 0 unspecified atom stereocenters. The Labute approximate surface area is 193 Å². The van der Waals surface area contributed by atoms with Crippen molar-refractivity contribution in [2.75, 3.05) is 39.3 Å². The molecule has 2 aromatic carbocycles. The SMILES string of the molecule is CCCc1ccc(-c2cc(-c3ccc(OC[C@@H]4COCCO4)c(OC)c3)cnc2N)c(F)c1. The van der Waals surface area contributed by atoms with Crippen molar-refractivity contribution in [3.8, 4) is 33.8 Å². The normalized spacial score (nSPS) is 15.9. The van der Waals surface area contributed by atoms with Crippen LogP contribution in [0.3, 0.4) is 0 Å². The van der Waals surface area contributed by atoms with Crippen LogP contribution in [0.2, 0.25) is 0 Å². The molecule has 2 N–H and O–H groups in total. The predicted octanol–water partition coefficient (Wildman–Crippen LogP) is 4.89. The van der Waals surface area contributed by atoms with Crippen LogP contribution in [0.4, 0.5) is 10.2 Å². The Morgan fingerprint density at radius 3 is 2.67 bits per heavy atom. The van der Waals surface area contributed by atoms with Gasteiger partial charge in [-0.1, -0.05) is 31.5 Å². The molecule has 3 aromatic rings. The van der Waals surface area contributed by atoms with Crippen LogP contribution in [0.1, 0.15) is 18.9 Å². The molecule has 0 saturated carbocycles. The monoisotopic (exact) mass is 452 g/mol. The molecule has 0 amide bonds. The maximum atomic E-state index is 14.8. The molecule has 1 aliphatic heterocycles. The summed E-state index contributed by atoms with van der Waals surface area (Å²) in [6.45, 7) is 4.13. The summed E-state index contributed by atoms with van der Waals surface area (Å²) >= 11 is 0. The van der Waals surface area contributed by atoms with Crippen molar-refractivity contribution in [2.45, 2.75) is 25.9 Å². The van der Waals surface area contributed by atoms with Crippen molar-refractivity contribution in [3.63, 3.8) is 0 Å². The van der Waals surface area contributed by atoms with Gasteiger partial charge in [0, 0.05) is 22.9 Å². The van der Waals surface area contributed by atoms with E-state index in [1.807, 2.05) is 30.3 Å². The molecule has 1 atom stereocenters. The molecule has 0 radical (unpaired) electrons. The summed E-state index contributed by atoms with van der Waals surface area (Å²) in [7, 11) is 1.59. The molecule has 0 spiro atoms. The van der Waals surface area contributed by atoms with Gasteiger partial charge in [0.15, 0.2) is 11.5 Å². The molecule has 1 aromatic heterocycles. The standard InChI is InChI=1S/C26H29FN2O4/c1-3-4-17-5-7-21(23(27)11-17)22-12-19(14-29-26(22)28)18-6-8-24(25(13-18)30-2)33-16-20-15-31-9-10-32-20/h5-8,11-14,20H,3-4,9-10,15-16H2,1-2H3,(H2,28,29)/t20-/m0/s1. The number of benzene rings is 2. The predicted molar refractivity (Wildman–Crippen MR) is 126 cm³/mol. The Bertz CT molecular complexity index is 1100. The lowest BCUT2D eigenvalue weighted by Gasteiger charge is -2.23. The number of nitrogen functional groups attached to an aromatic ring is 1. The molecule has 4 rings (SSSR count). The Hall–Kier alpha value is -3.16. The molecular weight excluding hydrogens is 423 g/mol. The summed E-state index contributed by atoms with van der Waals surface area (Å²) in [4.78, 5) is 4.32. The van der Waals surface area contributed by atoms with E-state index in [1.54, 1.807) is 25.4 Å². The third-order valence-electron chi connectivity index (χ3n) is 5.59. The number of methoxy groups -OCH3 is 1. The number of nitrogens with zero attached hydrogens (tertiary/aromatic N) is 1. The smallest absolute Gasteiger partial charge is 0.161 e. The van der Waals surface area contributed by atoms with E-state index in [9.17, 15) is 4.39 Å². The van der Waals surface area contributed by atoms with Crippen LogP contribution in [0.25, 0.3) is 22.3 Å². The lowest BCUT2D eigenvalue weighted by atomic mass is 9.98. The second-order valence-corrected chi connectivity index (χ2v) is 7.97. The second-order valence-electron chi connectivity index (χ2n) is 7.97. The Morgan fingerprint density at radius 1 is 1.06 bits per heavy atom. The van der Waals surface area contributed by atoms with E-state index in [2.05, 4.69) is 11.9 Å². The van der Waals surface area contributed by atoms with E-state index in [0.717, 1.165) is 29.5 Å². The van der Waals surface area contributed by atoms with Crippen LogP contribution in [0, 0.1) is 5.82 Å². The highest BCUT2D eigenvalue weighted by Gasteiger charge is 2.17. The average Bonchev–Trinajstić information content (AvgIpc) is 2.84. The molecule has 2 heterocycles. The number of aromatic nitrogens is 1. The molecule has 0 aliphatic carbocycles. The fourth-order valence-corrected chi connectivity index (χ4v) is 3.85. The number of halogens is 1. The second kappa shape index (κ2) is 10.6. The summed E-state index contributed by atoms with van der Waals surface area (Å²) in [5, 5.41) is 0. The number of aryl methyl sites for hydroxylation is 1.